The highest BCUT2D eigenvalue weighted by molar-refractivity contribution is 7.90. The summed E-state index contributed by atoms with van der Waals surface area (Å²) in [5.41, 5.74) is 2.41. The highest BCUT2D eigenvalue weighted by Gasteiger charge is 2.31. The van der Waals surface area contributed by atoms with Crippen molar-refractivity contribution in [3.8, 4) is 0 Å². The van der Waals surface area contributed by atoms with Crippen LogP contribution in [-0.2, 0) is 10.8 Å². The Morgan fingerprint density at radius 1 is 1.10 bits per heavy atom. The predicted molar refractivity (Wildman–Crippen MR) is 80.4 cm³/mol. The summed E-state index contributed by atoms with van der Waals surface area (Å²) >= 11 is 0. The minimum atomic E-state index is -1.50. The normalized spacial score (nSPS) is 17.1. The van der Waals surface area contributed by atoms with Gasteiger partial charge in [0, 0.05) is 11.1 Å². The maximum absolute atomic E-state index is 12.4. The van der Waals surface area contributed by atoms with E-state index in [4.69, 9.17) is 5.41 Å². The Morgan fingerprint density at radius 2 is 1.75 bits per heavy atom. The van der Waals surface area contributed by atoms with Crippen molar-refractivity contribution < 1.29 is 9.32 Å². The Balaban J connectivity index is 2.08. The zero-order valence-corrected chi connectivity index (χ0v) is 11.7. The number of nitrogens with one attached hydrogen (secondary N) is 1. The molecule has 0 saturated carbocycles. The van der Waals surface area contributed by atoms with Crippen LogP contribution >= 0.6 is 0 Å². The summed E-state index contributed by atoms with van der Waals surface area (Å²) in [7, 11) is -1.50. The molecule has 0 amide bonds. The first-order chi connectivity index (χ1) is 9.59. The largest absolute Gasteiger partial charge is 0.506 e. The standard InChI is InChI=1S/C16H13NO2S/c1-10-6-8-11(9-7-10)14(17)16-15(18)12-4-2-3-5-13(12)20(16)19/h2-9,17-18H,1H3. The van der Waals surface area contributed by atoms with Crippen LogP contribution in [0.3, 0.4) is 0 Å². The topological polar surface area (TPSA) is 61.1 Å². The molecule has 1 heterocycles. The Morgan fingerprint density at radius 3 is 2.40 bits per heavy atom. The van der Waals surface area contributed by atoms with Crippen molar-refractivity contribution in [3.05, 3.63) is 70.1 Å². The number of aliphatic hydroxyl groups excluding tert-OH is 1. The fourth-order valence-corrected chi connectivity index (χ4v) is 3.58. The summed E-state index contributed by atoms with van der Waals surface area (Å²) in [6.45, 7) is 1.97. The first kappa shape index (κ1) is 12.8. The molecule has 1 unspecified atom stereocenters. The maximum Gasteiger partial charge on any atom is 0.142 e. The molecule has 0 aliphatic carbocycles. The third-order valence-electron chi connectivity index (χ3n) is 3.31. The lowest BCUT2D eigenvalue weighted by Crippen LogP contribution is -2.07. The summed E-state index contributed by atoms with van der Waals surface area (Å²) < 4.78 is 12.4. The van der Waals surface area contributed by atoms with Crippen LogP contribution in [0, 0.1) is 12.3 Å². The van der Waals surface area contributed by atoms with E-state index >= 15 is 0 Å². The number of hydrogen-bond donors (Lipinski definition) is 2. The van der Waals surface area contributed by atoms with Gasteiger partial charge in [0.25, 0.3) is 0 Å². The highest BCUT2D eigenvalue weighted by atomic mass is 32.2. The molecule has 2 aromatic carbocycles. The Hall–Kier alpha value is -2.20. The summed E-state index contributed by atoms with van der Waals surface area (Å²) in [6, 6.07) is 14.4. The smallest absolute Gasteiger partial charge is 0.142 e. The third kappa shape index (κ3) is 1.89. The van der Waals surface area contributed by atoms with Crippen LogP contribution in [0.5, 0.6) is 0 Å². The van der Waals surface area contributed by atoms with E-state index in [1.165, 1.54) is 0 Å². The molecule has 0 bridgehead atoms. The summed E-state index contributed by atoms with van der Waals surface area (Å²) in [4.78, 5) is 0.756. The molecule has 0 spiro atoms. The fourth-order valence-electron chi connectivity index (χ4n) is 2.21. The zero-order chi connectivity index (χ0) is 14.3. The van der Waals surface area contributed by atoms with Gasteiger partial charge in [-0.25, -0.2) is 4.21 Å². The maximum atomic E-state index is 12.4. The number of aliphatic hydroxyl groups is 1. The van der Waals surface area contributed by atoms with E-state index in [0.29, 0.717) is 16.0 Å². The number of benzene rings is 2. The highest BCUT2D eigenvalue weighted by Crippen LogP contribution is 2.36. The lowest BCUT2D eigenvalue weighted by Gasteiger charge is -2.05. The van der Waals surface area contributed by atoms with Crippen molar-refractivity contribution in [1.29, 1.82) is 5.41 Å². The van der Waals surface area contributed by atoms with Gasteiger partial charge in [0.15, 0.2) is 0 Å². The van der Waals surface area contributed by atoms with E-state index in [1.54, 1.807) is 36.4 Å². The number of fused-ring (bicyclic) bond motifs is 1. The molecule has 1 aliphatic heterocycles. The van der Waals surface area contributed by atoms with Gasteiger partial charge in [-0.3, -0.25) is 5.41 Å². The molecular formula is C16H13NO2S. The summed E-state index contributed by atoms with van der Waals surface area (Å²) in [5.74, 6) is -0.0514. The molecule has 0 radical (unpaired) electrons. The SMILES string of the molecule is Cc1ccc(C(=N)C2=C(O)c3ccccc3S2=O)cc1. The number of allylic oxidation sites excluding steroid dienone is 1. The lowest BCUT2D eigenvalue weighted by atomic mass is 10.1. The monoisotopic (exact) mass is 283 g/mol. The Bertz CT molecular complexity index is 760. The molecule has 3 nitrogen and oxygen atoms in total. The van der Waals surface area contributed by atoms with Gasteiger partial charge in [0.2, 0.25) is 0 Å². The van der Waals surface area contributed by atoms with Gasteiger partial charge in [-0.05, 0) is 19.1 Å². The van der Waals surface area contributed by atoms with Gasteiger partial charge in [-0.1, -0.05) is 42.0 Å². The van der Waals surface area contributed by atoms with Crippen LogP contribution in [0.2, 0.25) is 0 Å². The Kier molecular flexibility index (Phi) is 3.03. The van der Waals surface area contributed by atoms with Gasteiger partial charge in [-0.2, -0.15) is 0 Å². The van der Waals surface area contributed by atoms with Crippen molar-refractivity contribution >= 4 is 22.3 Å². The molecule has 4 heteroatoms. The molecule has 1 aliphatic rings. The van der Waals surface area contributed by atoms with E-state index in [0.717, 1.165) is 5.56 Å². The van der Waals surface area contributed by atoms with Gasteiger partial charge in [0.1, 0.15) is 10.7 Å². The van der Waals surface area contributed by atoms with Crippen molar-refractivity contribution in [2.24, 2.45) is 0 Å². The molecule has 2 aromatic rings. The van der Waals surface area contributed by atoms with Gasteiger partial charge in [-0.15, -0.1) is 0 Å². The van der Waals surface area contributed by atoms with Crippen LogP contribution < -0.4 is 0 Å². The second kappa shape index (κ2) is 4.72. The third-order valence-corrected chi connectivity index (χ3v) is 4.83. The van der Waals surface area contributed by atoms with Crippen molar-refractivity contribution in [2.75, 3.05) is 0 Å². The van der Waals surface area contributed by atoms with Crippen LogP contribution in [0.4, 0.5) is 0 Å². The molecule has 1 atom stereocenters. The van der Waals surface area contributed by atoms with Gasteiger partial charge < -0.3 is 5.11 Å². The van der Waals surface area contributed by atoms with Crippen LogP contribution in [-0.4, -0.2) is 15.0 Å². The van der Waals surface area contributed by atoms with E-state index in [9.17, 15) is 9.32 Å². The van der Waals surface area contributed by atoms with Crippen molar-refractivity contribution in [2.45, 2.75) is 11.8 Å². The predicted octanol–water partition coefficient (Wildman–Crippen LogP) is 3.41. The number of aryl methyl sites for hydroxylation is 1. The fraction of sp³-hybridized carbons (Fsp3) is 0.0625. The lowest BCUT2D eigenvalue weighted by molar-refractivity contribution is 0.511. The summed E-state index contributed by atoms with van der Waals surface area (Å²) in [6.07, 6.45) is 0. The molecular weight excluding hydrogens is 270 g/mol. The molecule has 0 aromatic heterocycles. The number of rotatable bonds is 2. The second-order valence-electron chi connectivity index (χ2n) is 4.68. The first-order valence-electron chi connectivity index (χ1n) is 6.20. The quantitative estimate of drug-likeness (QED) is 0.830. The molecule has 3 rings (SSSR count). The molecule has 0 fully saturated rings. The number of hydrogen-bond acceptors (Lipinski definition) is 3. The average Bonchev–Trinajstić information content (AvgIpc) is 2.72. The van der Waals surface area contributed by atoms with Crippen LogP contribution in [0.25, 0.3) is 5.76 Å². The second-order valence-corrected chi connectivity index (χ2v) is 6.07. The minimum Gasteiger partial charge on any atom is -0.506 e. The van der Waals surface area contributed by atoms with E-state index in [1.807, 2.05) is 19.1 Å². The van der Waals surface area contributed by atoms with E-state index < -0.39 is 10.8 Å². The molecule has 100 valence electrons. The Labute approximate surface area is 119 Å². The summed E-state index contributed by atoms with van der Waals surface area (Å²) in [5, 5.41) is 18.5. The van der Waals surface area contributed by atoms with Crippen molar-refractivity contribution in [3.63, 3.8) is 0 Å². The van der Waals surface area contributed by atoms with Gasteiger partial charge in [0.05, 0.1) is 21.4 Å². The van der Waals surface area contributed by atoms with E-state index in [2.05, 4.69) is 0 Å². The van der Waals surface area contributed by atoms with Crippen LogP contribution in [0.15, 0.2) is 58.3 Å². The first-order valence-corrected chi connectivity index (χ1v) is 7.35. The molecule has 0 saturated heterocycles. The van der Waals surface area contributed by atoms with E-state index in [-0.39, 0.29) is 16.4 Å². The molecule has 20 heavy (non-hydrogen) atoms. The van der Waals surface area contributed by atoms with Gasteiger partial charge >= 0.3 is 0 Å². The zero-order valence-electron chi connectivity index (χ0n) is 10.9. The van der Waals surface area contributed by atoms with Crippen molar-refractivity contribution in [1.82, 2.24) is 0 Å². The molecule has 2 N–H and O–H groups in total. The average molecular weight is 283 g/mol. The van der Waals surface area contributed by atoms with Crippen LogP contribution in [0.1, 0.15) is 16.7 Å². The minimum absolute atomic E-state index is 0.0514.